The minimum absolute atomic E-state index is 0.0242. The van der Waals surface area contributed by atoms with E-state index in [-0.39, 0.29) is 29.6 Å². The molecule has 2 aromatic heterocycles. The van der Waals surface area contributed by atoms with Crippen molar-refractivity contribution in [1.29, 1.82) is 0 Å². The Kier molecular flexibility index (Phi) is 10.4. The quantitative estimate of drug-likeness (QED) is 0.178. The van der Waals surface area contributed by atoms with Gasteiger partial charge < -0.3 is 29.6 Å². The van der Waals surface area contributed by atoms with E-state index in [0.717, 1.165) is 25.7 Å². The number of hydrogen-bond donors (Lipinski definition) is 3. The highest BCUT2D eigenvalue weighted by Crippen LogP contribution is 2.35. The van der Waals surface area contributed by atoms with Gasteiger partial charge in [-0.3, -0.25) is 33.5 Å². The van der Waals surface area contributed by atoms with Crippen molar-refractivity contribution in [3.8, 4) is 0 Å². The molecule has 15 heteroatoms. The number of rotatable bonds is 13. The first-order chi connectivity index (χ1) is 18.6. The standard InChI is InChI=1S/C24H34N6O9/c1-13(31)25-9-7-5-6-8-10-26-24-28-21-18(22(35)29-24)27-12-30(21)23-20(38-16(4)34)19(37-15(3)33)17(39-23)11-36-14(2)32/h12,17,19-20,23H,5-11H2,1-4H3,(H,25,31)(H2,26,28,29,35)/t17-,19-,20-,23-/m1/s1. The van der Waals surface area contributed by atoms with Gasteiger partial charge in [0.15, 0.2) is 29.6 Å². The lowest BCUT2D eigenvalue weighted by atomic mass is 10.1. The number of H-pyrrole nitrogens is 1. The van der Waals surface area contributed by atoms with Crippen LogP contribution in [0.1, 0.15) is 59.6 Å². The molecule has 0 bridgehead atoms. The molecule has 0 aliphatic carbocycles. The van der Waals surface area contributed by atoms with Crippen LogP contribution >= 0.6 is 0 Å². The van der Waals surface area contributed by atoms with E-state index in [1.54, 1.807) is 0 Å². The third-order valence-corrected chi connectivity index (χ3v) is 5.82. The molecule has 1 fully saturated rings. The molecule has 214 valence electrons. The first-order valence-electron chi connectivity index (χ1n) is 12.6. The average Bonchev–Trinajstić information content (AvgIpc) is 3.40. The smallest absolute Gasteiger partial charge is 0.303 e. The van der Waals surface area contributed by atoms with E-state index in [1.807, 2.05) is 0 Å². The van der Waals surface area contributed by atoms with Gasteiger partial charge >= 0.3 is 17.9 Å². The molecule has 39 heavy (non-hydrogen) atoms. The molecule has 2 aromatic rings. The summed E-state index contributed by atoms with van der Waals surface area (Å²) in [5.41, 5.74) is -0.323. The van der Waals surface area contributed by atoms with Crippen molar-refractivity contribution in [2.45, 2.75) is 77.9 Å². The minimum atomic E-state index is -1.14. The summed E-state index contributed by atoms with van der Waals surface area (Å²) >= 11 is 0. The van der Waals surface area contributed by atoms with Crippen LogP contribution in [0, 0.1) is 0 Å². The Labute approximate surface area is 223 Å². The zero-order valence-electron chi connectivity index (χ0n) is 22.4. The number of carbonyl (C=O) groups excluding carboxylic acids is 4. The molecular formula is C24H34N6O9. The molecule has 15 nitrogen and oxygen atoms in total. The number of nitrogens with one attached hydrogen (secondary N) is 3. The van der Waals surface area contributed by atoms with Gasteiger partial charge in [-0.2, -0.15) is 4.98 Å². The number of amides is 1. The van der Waals surface area contributed by atoms with Gasteiger partial charge in [0.25, 0.3) is 5.56 Å². The average molecular weight is 551 g/mol. The Morgan fingerprint density at radius 2 is 1.64 bits per heavy atom. The predicted molar refractivity (Wildman–Crippen MR) is 135 cm³/mol. The number of unbranched alkanes of at least 4 members (excludes halogenated alkanes) is 3. The summed E-state index contributed by atoms with van der Waals surface area (Å²) in [5.74, 6) is -1.72. The summed E-state index contributed by atoms with van der Waals surface area (Å²) < 4.78 is 23.3. The van der Waals surface area contributed by atoms with E-state index in [9.17, 15) is 24.0 Å². The molecule has 1 aliphatic rings. The van der Waals surface area contributed by atoms with Crippen molar-refractivity contribution >= 4 is 40.9 Å². The monoisotopic (exact) mass is 550 g/mol. The van der Waals surface area contributed by atoms with Gasteiger partial charge in [-0.15, -0.1) is 0 Å². The Hall–Kier alpha value is -4.01. The fourth-order valence-electron chi connectivity index (χ4n) is 4.19. The predicted octanol–water partition coefficient (Wildman–Crippen LogP) is 0.552. The zero-order chi connectivity index (χ0) is 28.5. The Morgan fingerprint density at radius 1 is 0.974 bits per heavy atom. The number of fused-ring (bicyclic) bond motifs is 1. The maximum Gasteiger partial charge on any atom is 0.303 e. The molecule has 1 saturated heterocycles. The van der Waals surface area contributed by atoms with E-state index in [0.29, 0.717) is 13.1 Å². The van der Waals surface area contributed by atoms with Crippen molar-refractivity contribution in [1.82, 2.24) is 24.8 Å². The van der Waals surface area contributed by atoms with Crippen LogP contribution in [0.25, 0.3) is 11.2 Å². The number of imidazole rings is 1. The van der Waals surface area contributed by atoms with E-state index >= 15 is 0 Å². The maximum atomic E-state index is 12.7. The van der Waals surface area contributed by atoms with Crippen LogP contribution in [0.4, 0.5) is 5.95 Å². The number of aromatic amines is 1. The largest absolute Gasteiger partial charge is 0.463 e. The minimum Gasteiger partial charge on any atom is -0.463 e. The van der Waals surface area contributed by atoms with Gasteiger partial charge in [0.2, 0.25) is 11.9 Å². The molecule has 3 heterocycles. The molecule has 0 radical (unpaired) electrons. The van der Waals surface area contributed by atoms with Gasteiger partial charge in [0, 0.05) is 40.8 Å². The highest BCUT2D eigenvalue weighted by molar-refractivity contribution is 5.73. The molecule has 4 atom stereocenters. The zero-order valence-corrected chi connectivity index (χ0v) is 22.4. The van der Waals surface area contributed by atoms with Crippen LogP contribution in [-0.2, 0) is 38.1 Å². The van der Waals surface area contributed by atoms with Gasteiger partial charge in [0.1, 0.15) is 12.7 Å². The van der Waals surface area contributed by atoms with E-state index < -0.39 is 48.0 Å². The summed E-state index contributed by atoms with van der Waals surface area (Å²) in [6.45, 7) is 5.99. The number of aromatic nitrogens is 4. The maximum absolute atomic E-state index is 12.7. The highest BCUT2D eigenvalue weighted by Gasteiger charge is 2.51. The second-order valence-corrected chi connectivity index (χ2v) is 9.08. The number of esters is 3. The number of hydrogen-bond acceptors (Lipinski definition) is 12. The summed E-state index contributed by atoms with van der Waals surface area (Å²) in [4.78, 5) is 70.0. The molecule has 1 amide bonds. The van der Waals surface area contributed by atoms with E-state index in [4.69, 9.17) is 18.9 Å². The summed E-state index contributed by atoms with van der Waals surface area (Å²) in [7, 11) is 0. The van der Waals surface area contributed by atoms with Gasteiger partial charge in [-0.25, -0.2) is 4.98 Å². The lowest BCUT2D eigenvalue weighted by molar-refractivity contribution is -0.166. The number of anilines is 1. The topological polar surface area (TPSA) is 193 Å². The summed E-state index contributed by atoms with van der Waals surface area (Å²) in [5, 5.41) is 5.84. The SMILES string of the molecule is CC(=O)NCCCCCCNc1nc2c(ncn2[C@@H]2O[C@H](COC(C)=O)[C@@H](OC(C)=O)[C@H]2OC(C)=O)c(=O)[nH]1. The normalized spacial score (nSPS) is 20.4. The number of carbonyl (C=O) groups is 4. The molecule has 0 unspecified atom stereocenters. The molecule has 1 aliphatic heterocycles. The number of ether oxygens (including phenoxy) is 4. The Morgan fingerprint density at radius 3 is 2.28 bits per heavy atom. The van der Waals surface area contributed by atoms with Crippen LogP contribution in [0.2, 0.25) is 0 Å². The fraction of sp³-hybridized carbons (Fsp3) is 0.625. The molecule has 0 spiro atoms. The first-order valence-corrected chi connectivity index (χ1v) is 12.6. The fourth-order valence-corrected chi connectivity index (χ4v) is 4.19. The third kappa shape index (κ3) is 8.24. The molecule has 0 saturated carbocycles. The molecule has 3 rings (SSSR count). The summed E-state index contributed by atoms with van der Waals surface area (Å²) in [6.07, 6.45) is 0.555. The Bertz CT molecular complexity index is 1240. The lowest BCUT2D eigenvalue weighted by Gasteiger charge is -2.23. The third-order valence-electron chi connectivity index (χ3n) is 5.82. The first kappa shape index (κ1) is 29.5. The van der Waals surface area contributed by atoms with Crippen molar-refractivity contribution in [2.24, 2.45) is 0 Å². The summed E-state index contributed by atoms with van der Waals surface area (Å²) in [6, 6.07) is 0. The van der Waals surface area contributed by atoms with Gasteiger partial charge in [-0.05, 0) is 12.8 Å². The van der Waals surface area contributed by atoms with Crippen LogP contribution in [0.3, 0.4) is 0 Å². The molecule has 3 N–H and O–H groups in total. The van der Waals surface area contributed by atoms with Crippen molar-refractivity contribution in [3.05, 3.63) is 16.7 Å². The van der Waals surface area contributed by atoms with Crippen LogP contribution in [0.15, 0.2) is 11.1 Å². The van der Waals surface area contributed by atoms with Crippen molar-refractivity contribution in [3.63, 3.8) is 0 Å². The lowest BCUT2D eigenvalue weighted by Crippen LogP contribution is -2.40. The van der Waals surface area contributed by atoms with E-state index in [1.165, 1.54) is 38.6 Å². The number of nitrogens with zero attached hydrogens (tertiary/aromatic N) is 3. The van der Waals surface area contributed by atoms with Crippen LogP contribution in [-0.4, -0.2) is 81.3 Å². The second kappa shape index (κ2) is 13.7. The molecular weight excluding hydrogens is 516 g/mol. The van der Waals surface area contributed by atoms with Crippen molar-refractivity contribution < 1.29 is 38.1 Å². The van der Waals surface area contributed by atoms with Crippen molar-refractivity contribution in [2.75, 3.05) is 25.0 Å². The van der Waals surface area contributed by atoms with Crippen LogP contribution < -0.4 is 16.2 Å². The Balaban J connectivity index is 1.78. The second-order valence-electron chi connectivity index (χ2n) is 9.08. The van der Waals surface area contributed by atoms with Crippen LogP contribution in [0.5, 0.6) is 0 Å². The van der Waals surface area contributed by atoms with Gasteiger partial charge in [-0.1, -0.05) is 12.8 Å². The molecule has 0 aromatic carbocycles. The van der Waals surface area contributed by atoms with Gasteiger partial charge in [0.05, 0.1) is 6.33 Å². The van der Waals surface area contributed by atoms with E-state index in [2.05, 4.69) is 25.6 Å². The highest BCUT2D eigenvalue weighted by atomic mass is 16.7.